The third-order valence-electron chi connectivity index (χ3n) is 2.62. The monoisotopic (exact) mass is 271 g/mol. The van der Waals surface area contributed by atoms with Crippen molar-refractivity contribution in [2.75, 3.05) is 13.7 Å². The van der Waals surface area contributed by atoms with Crippen molar-refractivity contribution in [2.45, 2.75) is 26.2 Å². The molecule has 0 saturated heterocycles. The molecule has 3 heteroatoms. The van der Waals surface area contributed by atoms with Crippen LogP contribution in [0.2, 0.25) is 0 Å². The van der Waals surface area contributed by atoms with E-state index >= 15 is 0 Å². The number of hydrogen-bond acceptors (Lipinski definition) is 2. The van der Waals surface area contributed by atoms with Gasteiger partial charge >= 0.3 is 0 Å². The standard InChI is InChI=1S/C12H18BrNO/c1-8(4-5-14)10-6-9(2)12(15-3)11(13)7-10/h6-8H,4-5,14H2,1-3H3. The van der Waals surface area contributed by atoms with Gasteiger partial charge in [0.1, 0.15) is 5.75 Å². The van der Waals surface area contributed by atoms with Crippen molar-refractivity contribution in [3.8, 4) is 5.75 Å². The van der Waals surface area contributed by atoms with Gasteiger partial charge in [0.25, 0.3) is 0 Å². The van der Waals surface area contributed by atoms with E-state index in [0.717, 1.165) is 28.8 Å². The molecule has 0 aliphatic rings. The first-order chi connectivity index (χ1) is 7.10. The molecule has 0 spiro atoms. The molecule has 0 saturated carbocycles. The van der Waals surface area contributed by atoms with Gasteiger partial charge in [-0.25, -0.2) is 0 Å². The summed E-state index contributed by atoms with van der Waals surface area (Å²) in [6, 6.07) is 4.29. The number of ether oxygens (including phenoxy) is 1. The largest absolute Gasteiger partial charge is 0.495 e. The summed E-state index contributed by atoms with van der Waals surface area (Å²) in [5.74, 6) is 1.41. The van der Waals surface area contributed by atoms with Crippen molar-refractivity contribution < 1.29 is 4.74 Å². The van der Waals surface area contributed by atoms with E-state index in [1.54, 1.807) is 7.11 Å². The highest BCUT2D eigenvalue weighted by molar-refractivity contribution is 9.10. The topological polar surface area (TPSA) is 35.2 Å². The Morgan fingerprint density at radius 3 is 2.60 bits per heavy atom. The minimum absolute atomic E-state index is 0.496. The quantitative estimate of drug-likeness (QED) is 0.913. The molecule has 1 aromatic carbocycles. The summed E-state index contributed by atoms with van der Waals surface area (Å²) in [6.45, 7) is 4.98. The van der Waals surface area contributed by atoms with E-state index in [1.165, 1.54) is 5.56 Å². The van der Waals surface area contributed by atoms with Crippen LogP contribution in [0.25, 0.3) is 0 Å². The zero-order valence-electron chi connectivity index (χ0n) is 9.51. The SMILES string of the molecule is COc1c(C)cc(C(C)CCN)cc1Br. The zero-order valence-corrected chi connectivity index (χ0v) is 11.1. The smallest absolute Gasteiger partial charge is 0.135 e. The van der Waals surface area contributed by atoms with Crippen LogP contribution in [-0.4, -0.2) is 13.7 Å². The minimum Gasteiger partial charge on any atom is -0.495 e. The number of methoxy groups -OCH3 is 1. The van der Waals surface area contributed by atoms with Gasteiger partial charge in [-0.3, -0.25) is 0 Å². The molecule has 0 fully saturated rings. The highest BCUT2D eigenvalue weighted by atomic mass is 79.9. The molecular weight excluding hydrogens is 254 g/mol. The summed E-state index contributed by atoms with van der Waals surface area (Å²) in [6.07, 6.45) is 1.01. The molecule has 0 amide bonds. The van der Waals surface area contributed by atoms with Crippen molar-refractivity contribution >= 4 is 15.9 Å². The summed E-state index contributed by atoms with van der Waals surface area (Å²) in [5, 5.41) is 0. The first-order valence-electron chi connectivity index (χ1n) is 5.14. The van der Waals surface area contributed by atoms with Crippen LogP contribution >= 0.6 is 15.9 Å². The summed E-state index contributed by atoms with van der Waals surface area (Å²) in [5.41, 5.74) is 8.03. The summed E-state index contributed by atoms with van der Waals surface area (Å²) in [7, 11) is 1.69. The average Bonchev–Trinajstić information content (AvgIpc) is 2.17. The molecule has 2 N–H and O–H groups in total. The van der Waals surface area contributed by atoms with E-state index in [-0.39, 0.29) is 0 Å². The lowest BCUT2D eigenvalue weighted by atomic mass is 9.96. The molecule has 0 aliphatic carbocycles. The average molecular weight is 272 g/mol. The second-order valence-corrected chi connectivity index (χ2v) is 4.69. The maximum atomic E-state index is 5.56. The Bertz CT molecular complexity index is 315. The van der Waals surface area contributed by atoms with Gasteiger partial charge in [0.15, 0.2) is 0 Å². The molecule has 84 valence electrons. The molecule has 0 bridgehead atoms. The number of halogens is 1. The van der Waals surface area contributed by atoms with Gasteiger partial charge < -0.3 is 10.5 Å². The fourth-order valence-electron chi connectivity index (χ4n) is 1.72. The molecule has 15 heavy (non-hydrogen) atoms. The first kappa shape index (κ1) is 12.5. The van der Waals surface area contributed by atoms with Crippen molar-refractivity contribution in [3.05, 3.63) is 27.7 Å². The van der Waals surface area contributed by atoms with Crippen LogP contribution in [0.5, 0.6) is 5.75 Å². The van der Waals surface area contributed by atoms with E-state index < -0.39 is 0 Å². The Labute approximate surface area is 99.9 Å². The van der Waals surface area contributed by atoms with E-state index in [2.05, 4.69) is 41.9 Å². The first-order valence-corrected chi connectivity index (χ1v) is 5.93. The highest BCUT2D eigenvalue weighted by Gasteiger charge is 2.10. The lowest BCUT2D eigenvalue weighted by Gasteiger charge is -2.14. The molecule has 1 aromatic rings. The Kier molecular flexibility index (Phi) is 4.61. The molecule has 0 aliphatic heterocycles. The number of aryl methyl sites for hydroxylation is 1. The highest BCUT2D eigenvalue weighted by Crippen LogP contribution is 2.33. The molecule has 1 rings (SSSR count). The molecular formula is C12H18BrNO. The van der Waals surface area contributed by atoms with Gasteiger partial charge in [0, 0.05) is 0 Å². The van der Waals surface area contributed by atoms with Crippen LogP contribution in [-0.2, 0) is 0 Å². The van der Waals surface area contributed by atoms with Crippen LogP contribution in [0.1, 0.15) is 30.4 Å². The van der Waals surface area contributed by atoms with Crippen LogP contribution in [0.4, 0.5) is 0 Å². The Hall–Kier alpha value is -0.540. The van der Waals surface area contributed by atoms with Crippen LogP contribution in [0, 0.1) is 6.92 Å². The summed E-state index contributed by atoms with van der Waals surface area (Å²) < 4.78 is 6.32. The fourth-order valence-corrected chi connectivity index (χ4v) is 2.46. The maximum Gasteiger partial charge on any atom is 0.135 e. The number of nitrogens with two attached hydrogens (primary N) is 1. The molecule has 1 unspecified atom stereocenters. The van der Waals surface area contributed by atoms with E-state index in [4.69, 9.17) is 10.5 Å². The molecule has 2 nitrogen and oxygen atoms in total. The normalized spacial score (nSPS) is 12.6. The fraction of sp³-hybridized carbons (Fsp3) is 0.500. The van der Waals surface area contributed by atoms with Crippen LogP contribution in [0.15, 0.2) is 16.6 Å². The maximum absolute atomic E-state index is 5.56. The second-order valence-electron chi connectivity index (χ2n) is 3.83. The van der Waals surface area contributed by atoms with Crippen LogP contribution in [0.3, 0.4) is 0 Å². The zero-order chi connectivity index (χ0) is 11.4. The van der Waals surface area contributed by atoms with E-state index in [0.29, 0.717) is 5.92 Å². The van der Waals surface area contributed by atoms with Crippen molar-refractivity contribution in [1.29, 1.82) is 0 Å². The third kappa shape index (κ3) is 2.95. The number of benzene rings is 1. The van der Waals surface area contributed by atoms with Gasteiger partial charge in [-0.15, -0.1) is 0 Å². The lowest BCUT2D eigenvalue weighted by molar-refractivity contribution is 0.408. The van der Waals surface area contributed by atoms with E-state index in [1.807, 2.05) is 0 Å². The van der Waals surface area contributed by atoms with E-state index in [9.17, 15) is 0 Å². The van der Waals surface area contributed by atoms with Gasteiger partial charge in [-0.2, -0.15) is 0 Å². The molecule has 0 radical (unpaired) electrons. The van der Waals surface area contributed by atoms with Gasteiger partial charge in [0.2, 0.25) is 0 Å². The van der Waals surface area contributed by atoms with Crippen molar-refractivity contribution in [3.63, 3.8) is 0 Å². The van der Waals surface area contributed by atoms with Crippen molar-refractivity contribution in [2.24, 2.45) is 5.73 Å². The van der Waals surface area contributed by atoms with Gasteiger partial charge in [-0.05, 0) is 58.9 Å². The summed E-state index contributed by atoms with van der Waals surface area (Å²) in [4.78, 5) is 0. The third-order valence-corrected chi connectivity index (χ3v) is 3.21. The predicted octanol–water partition coefficient (Wildman–Crippen LogP) is 3.22. The second kappa shape index (κ2) is 5.52. The summed E-state index contributed by atoms with van der Waals surface area (Å²) >= 11 is 3.52. The lowest BCUT2D eigenvalue weighted by Crippen LogP contribution is -2.05. The van der Waals surface area contributed by atoms with Crippen molar-refractivity contribution in [1.82, 2.24) is 0 Å². The Balaban J connectivity index is 3.02. The Morgan fingerprint density at radius 1 is 1.47 bits per heavy atom. The minimum atomic E-state index is 0.496. The molecule has 0 aromatic heterocycles. The predicted molar refractivity (Wildman–Crippen MR) is 67.5 cm³/mol. The molecule has 0 heterocycles. The Morgan fingerprint density at radius 2 is 2.13 bits per heavy atom. The van der Waals surface area contributed by atoms with Gasteiger partial charge in [-0.1, -0.05) is 13.0 Å². The molecule has 1 atom stereocenters. The number of rotatable bonds is 4. The number of hydrogen-bond donors (Lipinski definition) is 1. The van der Waals surface area contributed by atoms with Crippen LogP contribution < -0.4 is 10.5 Å². The van der Waals surface area contributed by atoms with Gasteiger partial charge in [0.05, 0.1) is 11.6 Å².